The summed E-state index contributed by atoms with van der Waals surface area (Å²) in [5.74, 6) is 0.465. The second-order valence-electron chi connectivity index (χ2n) is 4.78. The van der Waals surface area contributed by atoms with Crippen LogP contribution in [-0.4, -0.2) is 38.4 Å². The molecule has 0 spiro atoms. The molecule has 20 heavy (non-hydrogen) atoms. The Morgan fingerprint density at radius 1 is 1.00 bits per heavy atom. The fraction of sp³-hybridized carbons (Fsp3) is 0.200. The summed E-state index contributed by atoms with van der Waals surface area (Å²) in [5, 5.41) is 18.8. The van der Waals surface area contributed by atoms with Crippen molar-refractivity contribution in [2.75, 3.05) is 26.1 Å². The van der Waals surface area contributed by atoms with Gasteiger partial charge in [-0.05, 0) is 29.3 Å². The molecule has 0 aliphatic heterocycles. The smallest absolute Gasteiger partial charge is 0.492 e. The number of methoxy groups -OCH3 is 1. The molecule has 104 valence electrons. The van der Waals surface area contributed by atoms with Crippen LogP contribution in [0.1, 0.15) is 0 Å². The molecule has 0 bridgehead atoms. The quantitative estimate of drug-likeness (QED) is 0.818. The van der Waals surface area contributed by atoms with Gasteiger partial charge < -0.3 is 19.7 Å². The summed E-state index contributed by atoms with van der Waals surface area (Å²) in [5.41, 5.74) is 3.38. The third kappa shape index (κ3) is 2.95. The van der Waals surface area contributed by atoms with Crippen LogP contribution in [0.15, 0.2) is 42.5 Å². The molecule has 2 N–H and O–H groups in total. The lowest BCUT2D eigenvalue weighted by Crippen LogP contribution is -2.31. The van der Waals surface area contributed by atoms with Crippen molar-refractivity contribution in [3.8, 4) is 16.9 Å². The molecular formula is C15H18BNO3. The summed E-state index contributed by atoms with van der Waals surface area (Å²) < 4.78 is 5.13. The Bertz CT molecular complexity index is 599. The molecule has 2 rings (SSSR count). The van der Waals surface area contributed by atoms with E-state index in [1.807, 2.05) is 43.3 Å². The number of hydrogen-bond acceptors (Lipinski definition) is 4. The average molecular weight is 271 g/mol. The van der Waals surface area contributed by atoms with E-state index in [9.17, 15) is 10.0 Å². The van der Waals surface area contributed by atoms with E-state index in [1.165, 1.54) is 7.11 Å². The van der Waals surface area contributed by atoms with E-state index in [-0.39, 0.29) is 0 Å². The second kappa shape index (κ2) is 5.99. The lowest BCUT2D eigenvalue weighted by atomic mass is 9.78. The van der Waals surface area contributed by atoms with Crippen molar-refractivity contribution < 1.29 is 14.8 Å². The molecule has 0 aliphatic rings. The summed E-state index contributed by atoms with van der Waals surface area (Å²) >= 11 is 0. The standard InChI is InChI=1S/C15H18BNO3/c1-17(2)13-6-4-5-11(9-13)12-7-8-15(20-3)14(10-12)16(18)19/h4-10,18-19H,1-3H3. The molecule has 2 aromatic rings. The highest BCUT2D eigenvalue weighted by Gasteiger charge is 2.17. The molecule has 0 aliphatic carbocycles. The van der Waals surface area contributed by atoms with Crippen LogP contribution in [0.5, 0.6) is 5.75 Å². The first-order valence-electron chi connectivity index (χ1n) is 6.34. The Balaban J connectivity index is 2.47. The molecular weight excluding hydrogens is 253 g/mol. The molecule has 0 radical (unpaired) electrons. The van der Waals surface area contributed by atoms with E-state index in [1.54, 1.807) is 12.1 Å². The van der Waals surface area contributed by atoms with E-state index >= 15 is 0 Å². The van der Waals surface area contributed by atoms with Gasteiger partial charge in [-0.2, -0.15) is 0 Å². The zero-order valence-corrected chi connectivity index (χ0v) is 11.9. The van der Waals surface area contributed by atoms with E-state index < -0.39 is 7.12 Å². The van der Waals surface area contributed by atoms with Crippen molar-refractivity contribution in [3.63, 3.8) is 0 Å². The first-order chi connectivity index (χ1) is 9.52. The van der Waals surface area contributed by atoms with Gasteiger partial charge in [0.15, 0.2) is 0 Å². The van der Waals surface area contributed by atoms with Gasteiger partial charge in [-0.1, -0.05) is 24.3 Å². The van der Waals surface area contributed by atoms with Gasteiger partial charge in [0, 0.05) is 25.2 Å². The maximum absolute atomic E-state index is 9.42. The Labute approximate surface area is 119 Å². The summed E-state index contributed by atoms with van der Waals surface area (Å²) in [6.45, 7) is 0. The van der Waals surface area contributed by atoms with Gasteiger partial charge in [0.25, 0.3) is 0 Å². The fourth-order valence-corrected chi connectivity index (χ4v) is 2.08. The van der Waals surface area contributed by atoms with Crippen molar-refractivity contribution in [1.82, 2.24) is 0 Å². The number of hydrogen-bond donors (Lipinski definition) is 2. The molecule has 0 saturated heterocycles. The first kappa shape index (κ1) is 14.4. The maximum atomic E-state index is 9.42. The SMILES string of the molecule is COc1ccc(-c2cccc(N(C)C)c2)cc1B(O)O. The van der Waals surface area contributed by atoms with Gasteiger partial charge in [-0.15, -0.1) is 0 Å². The van der Waals surface area contributed by atoms with E-state index in [2.05, 4.69) is 6.07 Å². The van der Waals surface area contributed by atoms with Crippen LogP contribution in [0.3, 0.4) is 0 Å². The molecule has 4 nitrogen and oxygen atoms in total. The third-order valence-corrected chi connectivity index (χ3v) is 3.20. The molecule has 0 aromatic heterocycles. The predicted molar refractivity (Wildman–Crippen MR) is 82.6 cm³/mol. The molecule has 0 amide bonds. The van der Waals surface area contributed by atoms with Crippen LogP contribution < -0.4 is 15.1 Å². The minimum absolute atomic E-state index is 0.361. The summed E-state index contributed by atoms with van der Waals surface area (Å²) in [6, 6.07) is 13.4. The lowest BCUT2D eigenvalue weighted by molar-refractivity contribution is 0.403. The van der Waals surface area contributed by atoms with Gasteiger partial charge in [-0.25, -0.2) is 0 Å². The predicted octanol–water partition coefficient (Wildman–Crippen LogP) is 1.11. The van der Waals surface area contributed by atoms with Gasteiger partial charge in [-0.3, -0.25) is 0 Å². The Hall–Kier alpha value is -1.98. The van der Waals surface area contributed by atoms with Gasteiger partial charge in [0.2, 0.25) is 0 Å². The monoisotopic (exact) mass is 271 g/mol. The van der Waals surface area contributed by atoms with Gasteiger partial charge >= 0.3 is 7.12 Å². The number of ether oxygens (including phenoxy) is 1. The highest BCUT2D eigenvalue weighted by atomic mass is 16.5. The summed E-state index contributed by atoms with van der Waals surface area (Å²) in [7, 11) is 3.92. The molecule has 0 heterocycles. The van der Waals surface area contributed by atoms with Crippen molar-refractivity contribution in [3.05, 3.63) is 42.5 Å². The zero-order chi connectivity index (χ0) is 14.7. The third-order valence-electron chi connectivity index (χ3n) is 3.20. The molecule has 0 atom stereocenters. The van der Waals surface area contributed by atoms with Crippen molar-refractivity contribution in [2.24, 2.45) is 0 Å². The lowest BCUT2D eigenvalue weighted by Gasteiger charge is -2.15. The first-order valence-corrected chi connectivity index (χ1v) is 6.34. The van der Waals surface area contributed by atoms with Crippen molar-refractivity contribution in [2.45, 2.75) is 0 Å². The Morgan fingerprint density at radius 2 is 1.70 bits per heavy atom. The highest BCUT2D eigenvalue weighted by molar-refractivity contribution is 6.59. The Kier molecular flexibility index (Phi) is 4.32. The van der Waals surface area contributed by atoms with Crippen LogP contribution in [0, 0.1) is 0 Å². The topological polar surface area (TPSA) is 52.9 Å². The van der Waals surface area contributed by atoms with Crippen LogP contribution >= 0.6 is 0 Å². The maximum Gasteiger partial charge on any atom is 0.492 e. The van der Waals surface area contributed by atoms with Crippen molar-refractivity contribution >= 4 is 18.3 Å². The zero-order valence-electron chi connectivity index (χ0n) is 11.9. The largest absolute Gasteiger partial charge is 0.497 e. The Morgan fingerprint density at radius 3 is 2.30 bits per heavy atom. The van der Waals surface area contributed by atoms with Crippen LogP contribution in [0.4, 0.5) is 5.69 Å². The minimum atomic E-state index is -1.55. The number of rotatable bonds is 4. The minimum Gasteiger partial charge on any atom is -0.497 e. The molecule has 0 unspecified atom stereocenters. The van der Waals surface area contributed by atoms with Crippen molar-refractivity contribution in [1.29, 1.82) is 0 Å². The fourth-order valence-electron chi connectivity index (χ4n) is 2.08. The van der Waals surface area contributed by atoms with E-state index in [4.69, 9.17) is 4.74 Å². The molecule has 0 fully saturated rings. The molecule has 5 heteroatoms. The number of nitrogens with zero attached hydrogens (tertiary/aromatic N) is 1. The van der Waals surface area contributed by atoms with Gasteiger partial charge in [0.05, 0.1) is 7.11 Å². The van der Waals surface area contributed by atoms with E-state index in [0.717, 1.165) is 16.8 Å². The van der Waals surface area contributed by atoms with Crippen LogP contribution in [0.2, 0.25) is 0 Å². The highest BCUT2D eigenvalue weighted by Crippen LogP contribution is 2.25. The average Bonchev–Trinajstić information content (AvgIpc) is 2.46. The second-order valence-corrected chi connectivity index (χ2v) is 4.78. The normalized spacial score (nSPS) is 10.2. The van der Waals surface area contributed by atoms with Crippen LogP contribution in [-0.2, 0) is 0 Å². The van der Waals surface area contributed by atoms with Crippen LogP contribution in [0.25, 0.3) is 11.1 Å². The summed E-state index contributed by atoms with van der Waals surface area (Å²) in [4.78, 5) is 2.02. The number of benzene rings is 2. The summed E-state index contributed by atoms with van der Waals surface area (Å²) in [6.07, 6.45) is 0. The number of anilines is 1. The molecule has 2 aromatic carbocycles. The van der Waals surface area contributed by atoms with E-state index in [0.29, 0.717) is 11.2 Å². The molecule has 0 saturated carbocycles. The van der Waals surface area contributed by atoms with Gasteiger partial charge in [0.1, 0.15) is 5.75 Å².